The summed E-state index contributed by atoms with van der Waals surface area (Å²) in [5.74, 6) is 0.546. The number of pyridine rings is 2. The Balaban J connectivity index is 1.49. The lowest BCUT2D eigenvalue weighted by atomic mass is 9.86. The zero-order valence-electron chi connectivity index (χ0n) is 18.2. The minimum atomic E-state index is 0.546. The van der Waals surface area contributed by atoms with Crippen LogP contribution >= 0.6 is 0 Å². The van der Waals surface area contributed by atoms with E-state index in [1.54, 1.807) is 0 Å². The van der Waals surface area contributed by atoms with Crippen molar-refractivity contribution in [1.29, 1.82) is 0 Å². The molecule has 2 heteroatoms. The molecule has 30 heavy (non-hydrogen) atoms. The molecule has 0 aliphatic rings. The lowest BCUT2D eigenvalue weighted by molar-refractivity contribution is 0.543. The van der Waals surface area contributed by atoms with Crippen LogP contribution in [0.1, 0.15) is 60.5 Å². The molecule has 0 bridgehead atoms. The number of aryl methyl sites for hydroxylation is 3. The van der Waals surface area contributed by atoms with Crippen molar-refractivity contribution in [2.75, 3.05) is 0 Å². The number of benzene rings is 2. The molecule has 0 aliphatic carbocycles. The molecule has 0 spiro atoms. The van der Waals surface area contributed by atoms with Gasteiger partial charge in [-0.2, -0.15) is 0 Å². The Morgan fingerprint density at radius 2 is 1.40 bits per heavy atom. The molecule has 0 amide bonds. The molecule has 4 rings (SSSR count). The van der Waals surface area contributed by atoms with Gasteiger partial charge < -0.3 is 0 Å². The maximum atomic E-state index is 4.73. The van der Waals surface area contributed by atoms with E-state index in [0.717, 1.165) is 41.7 Å². The third-order valence-electron chi connectivity index (χ3n) is 6.05. The van der Waals surface area contributed by atoms with E-state index in [1.807, 2.05) is 0 Å². The third-order valence-corrected chi connectivity index (χ3v) is 6.05. The molecule has 1 atom stereocenters. The molecule has 2 nitrogen and oxygen atoms in total. The van der Waals surface area contributed by atoms with Crippen LogP contribution in [0, 0.1) is 20.8 Å². The zero-order valence-corrected chi connectivity index (χ0v) is 18.2. The first-order valence-corrected chi connectivity index (χ1v) is 11.2. The van der Waals surface area contributed by atoms with E-state index in [4.69, 9.17) is 4.98 Å². The standard InChI is InChI=1S/C28H31N2/c1-4-11-22(26-19-21(3)30-28-17-10-8-15-25(26)28)12-5-6-13-23-18-20(2)29-27-16-9-7-14-24(23)27/h7-10,14-19,22H,1,4-6,11-13H2,2-3H3. The number of unbranched alkanes of at least 4 members (excludes halogenated alkanes) is 1. The van der Waals surface area contributed by atoms with Gasteiger partial charge in [-0.25, -0.2) is 0 Å². The lowest BCUT2D eigenvalue weighted by Crippen LogP contribution is -2.03. The number of hydrogen-bond donors (Lipinski definition) is 0. The minimum absolute atomic E-state index is 0.546. The second-order valence-electron chi connectivity index (χ2n) is 8.39. The molecule has 0 saturated heterocycles. The first-order chi connectivity index (χ1) is 14.7. The summed E-state index contributed by atoms with van der Waals surface area (Å²) in [4.78, 5) is 9.41. The molecule has 0 N–H and O–H groups in total. The summed E-state index contributed by atoms with van der Waals surface area (Å²) in [6, 6.07) is 21.6. The molecule has 0 fully saturated rings. The number of aromatic nitrogens is 2. The van der Waals surface area contributed by atoms with E-state index in [2.05, 4.69) is 86.4 Å². The molecular formula is C28H31N2. The van der Waals surface area contributed by atoms with Crippen molar-refractivity contribution < 1.29 is 0 Å². The van der Waals surface area contributed by atoms with Gasteiger partial charge in [-0.3, -0.25) is 9.97 Å². The van der Waals surface area contributed by atoms with Crippen LogP contribution in [-0.2, 0) is 6.42 Å². The van der Waals surface area contributed by atoms with Gasteiger partial charge in [-0.05, 0) is 80.8 Å². The Morgan fingerprint density at radius 3 is 2.13 bits per heavy atom. The van der Waals surface area contributed by atoms with Gasteiger partial charge in [0, 0.05) is 22.2 Å². The molecule has 2 aromatic carbocycles. The molecule has 0 aliphatic heterocycles. The molecule has 153 valence electrons. The van der Waals surface area contributed by atoms with Crippen molar-refractivity contribution in [3.8, 4) is 0 Å². The molecule has 2 aromatic heterocycles. The second-order valence-corrected chi connectivity index (χ2v) is 8.39. The summed E-state index contributed by atoms with van der Waals surface area (Å²) in [7, 11) is 0. The van der Waals surface area contributed by atoms with Crippen LogP contribution in [0.3, 0.4) is 0 Å². The van der Waals surface area contributed by atoms with E-state index in [9.17, 15) is 0 Å². The molecule has 1 unspecified atom stereocenters. The topological polar surface area (TPSA) is 25.8 Å². The van der Waals surface area contributed by atoms with Gasteiger partial charge in [0.15, 0.2) is 0 Å². The Kier molecular flexibility index (Phi) is 6.42. The number of fused-ring (bicyclic) bond motifs is 2. The first-order valence-electron chi connectivity index (χ1n) is 11.2. The summed E-state index contributed by atoms with van der Waals surface area (Å²) in [6.45, 7) is 8.35. The summed E-state index contributed by atoms with van der Waals surface area (Å²) < 4.78 is 0. The summed E-state index contributed by atoms with van der Waals surface area (Å²) >= 11 is 0. The average Bonchev–Trinajstić information content (AvgIpc) is 2.75. The van der Waals surface area contributed by atoms with Gasteiger partial charge >= 0.3 is 0 Å². The van der Waals surface area contributed by atoms with E-state index in [1.165, 1.54) is 41.2 Å². The zero-order chi connectivity index (χ0) is 20.9. The number of hydrogen-bond acceptors (Lipinski definition) is 2. The maximum Gasteiger partial charge on any atom is 0.0708 e. The number of para-hydroxylation sites is 2. The van der Waals surface area contributed by atoms with Gasteiger partial charge in [0.1, 0.15) is 0 Å². The van der Waals surface area contributed by atoms with Crippen LogP contribution in [0.2, 0.25) is 0 Å². The van der Waals surface area contributed by atoms with Crippen LogP contribution in [0.15, 0.2) is 60.7 Å². The van der Waals surface area contributed by atoms with Crippen molar-refractivity contribution in [2.45, 2.75) is 58.3 Å². The smallest absolute Gasteiger partial charge is 0.0708 e. The lowest BCUT2D eigenvalue weighted by Gasteiger charge is -2.19. The van der Waals surface area contributed by atoms with Gasteiger partial charge in [0.2, 0.25) is 0 Å². The Morgan fingerprint density at radius 1 is 0.767 bits per heavy atom. The summed E-state index contributed by atoms with van der Waals surface area (Å²) in [5.41, 5.74) is 7.32. The quantitative estimate of drug-likeness (QED) is 0.288. The highest BCUT2D eigenvalue weighted by Gasteiger charge is 2.15. The van der Waals surface area contributed by atoms with E-state index >= 15 is 0 Å². The van der Waals surface area contributed by atoms with Crippen LogP contribution in [0.5, 0.6) is 0 Å². The van der Waals surface area contributed by atoms with Crippen molar-refractivity contribution in [3.05, 3.63) is 90.1 Å². The number of rotatable bonds is 8. The van der Waals surface area contributed by atoms with Gasteiger partial charge in [0.25, 0.3) is 0 Å². The van der Waals surface area contributed by atoms with Crippen molar-refractivity contribution >= 4 is 21.8 Å². The third kappa shape index (κ3) is 4.53. The van der Waals surface area contributed by atoms with E-state index in [0.29, 0.717) is 5.92 Å². The maximum absolute atomic E-state index is 4.73. The Bertz CT molecular complexity index is 1150. The molecule has 2 heterocycles. The van der Waals surface area contributed by atoms with E-state index in [-0.39, 0.29) is 0 Å². The van der Waals surface area contributed by atoms with Crippen LogP contribution in [0.4, 0.5) is 0 Å². The minimum Gasteiger partial charge on any atom is -0.253 e. The van der Waals surface area contributed by atoms with Crippen molar-refractivity contribution in [3.63, 3.8) is 0 Å². The van der Waals surface area contributed by atoms with Gasteiger partial charge in [-0.1, -0.05) is 56.2 Å². The highest BCUT2D eigenvalue weighted by Crippen LogP contribution is 2.33. The first kappa shape index (κ1) is 20.5. The van der Waals surface area contributed by atoms with E-state index < -0.39 is 0 Å². The summed E-state index contributed by atoms with van der Waals surface area (Å²) in [5, 5.41) is 2.60. The van der Waals surface area contributed by atoms with Crippen LogP contribution < -0.4 is 0 Å². The molecule has 1 radical (unpaired) electrons. The number of nitrogens with zero attached hydrogens (tertiary/aromatic N) is 2. The fourth-order valence-corrected chi connectivity index (χ4v) is 4.69. The predicted molar refractivity (Wildman–Crippen MR) is 128 cm³/mol. The SMILES string of the molecule is [CH2]CCC(CCCCc1cc(C)nc2ccccc12)c1cc(C)nc2ccccc12. The highest BCUT2D eigenvalue weighted by molar-refractivity contribution is 5.83. The second kappa shape index (κ2) is 9.38. The predicted octanol–water partition coefficient (Wildman–Crippen LogP) is 7.51. The molecular weight excluding hydrogens is 364 g/mol. The molecule has 4 aromatic rings. The van der Waals surface area contributed by atoms with Crippen molar-refractivity contribution in [1.82, 2.24) is 9.97 Å². The largest absolute Gasteiger partial charge is 0.253 e. The highest BCUT2D eigenvalue weighted by atomic mass is 14.7. The summed E-state index contributed by atoms with van der Waals surface area (Å²) in [6.07, 6.45) is 6.82. The fourth-order valence-electron chi connectivity index (χ4n) is 4.69. The van der Waals surface area contributed by atoms with Crippen LogP contribution in [0.25, 0.3) is 21.8 Å². The monoisotopic (exact) mass is 395 g/mol. The van der Waals surface area contributed by atoms with Crippen molar-refractivity contribution in [2.24, 2.45) is 0 Å². The normalized spacial score (nSPS) is 12.5. The van der Waals surface area contributed by atoms with Gasteiger partial charge in [-0.15, -0.1) is 0 Å². The average molecular weight is 396 g/mol. The molecule has 0 saturated carbocycles. The van der Waals surface area contributed by atoms with Gasteiger partial charge in [0.05, 0.1) is 11.0 Å². The fraction of sp³-hybridized carbons (Fsp3) is 0.321. The van der Waals surface area contributed by atoms with Crippen LogP contribution in [-0.4, -0.2) is 9.97 Å². The Hall–Kier alpha value is -2.74. The Labute approximate surface area is 180 Å².